The highest BCUT2D eigenvalue weighted by Gasteiger charge is 2.24. The largest absolute Gasteiger partial charge is 0.459 e. The van der Waals surface area contributed by atoms with Crippen molar-refractivity contribution in [3.05, 3.63) is 102 Å². The SMILES string of the molecule is O=C(N[C@@H](Cc1ccccc1)C(=O)OCc1ccccc1)c1ccccn1. The number of rotatable bonds is 7. The number of carbonyl (C=O) groups excluding carboxylic acids is 2. The van der Waals surface area contributed by atoms with Gasteiger partial charge < -0.3 is 10.1 Å². The summed E-state index contributed by atoms with van der Waals surface area (Å²) in [6, 6.07) is 23.2. The summed E-state index contributed by atoms with van der Waals surface area (Å²) in [5.41, 5.74) is 2.08. The van der Waals surface area contributed by atoms with Gasteiger partial charge in [-0.15, -0.1) is 0 Å². The van der Waals surface area contributed by atoms with Crippen LogP contribution in [0.25, 0.3) is 0 Å². The van der Waals surface area contributed by atoms with E-state index in [2.05, 4.69) is 10.3 Å². The first-order valence-corrected chi connectivity index (χ1v) is 8.69. The Hall–Kier alpha value is -3.47. The third kappa shape index (κ3) is 5.51. The Balaban J connectivity index is 1.70. The minimum absolute atomic E-state index is 0.157. The van der Waals surface area contributed by atoms with Gasteiger partial charge in [0.25, 0.3) is 5.91 Å². The van der Waals surface area contributed by atoms with Gasteiger partial charge in [0, 0.05) is 12.6 Å². The zero-order chi connectivity index (χ0) is 18.9. The minimum Gasteiger partial charge on any atom is -0.459 e. The highest BCUT2D eigenvalue weighted by Crippen LogP contribution is 2.08. The zero-order valence-corrected chi connectivity index (χ0v) is 14.7. The third-order valence-electron chi connectivity index (χ3n) is 3.99. The Bertz CT molecular complexity index is 868. The van der Waals surface area contributed by atoms with Crippen molar-refractivity contribution in [3.63, 3.8) is 0 Å². The number of hydrogen-bond acceptors (Lipinski definition) is 4. The molecular formula is C22H20N2O3. The van der Waals surface area contributed by atoms with E-state index in [9.17, 15) is 9.59 Å². The van der Waals surface area contributed by atoms with E-state index in [1.165, 1.54) is 6.20 Å². The van der Waals surface area contributed by atoms with Crippen LogP contribution in [-0.2, 0) is 22.6 Å². The first-order chi connectivity index (χ1) is 13.2. The van der Waals surface area contributed by atoms with Crippen molar-refractivity contribution in [2.45, 2.75) is 19.1 Å². The van der Waals surface area contributed by atoms with Crippen LogP contribution in [0, 0.1) is 0 Å². The van der Waals surface area contributed by atoms with Crippen LogP contribution < -0.4 is 5.32 Å². The molecule has 0 radical (unpaired) electrons. The van der Waals surface area contributed by atoms with Gasteiger partial charge in [0.2, 0.25) is 0 Å². The molecule has 3 aromatic rings. The molecule has 5 heteroatoms. The number of amides is 1. The number of ether oxygens (including phenoxy) is 1. The molecule has 0 aliphatic rings. The van der Waals surface area contributed by atoms with E-state index in [0.717, 1.165) is 11.1 Å². The molecule has 0 bridgehead atoms. The molecule has 0 fully saturated rings. The van der Waals surface area contributed by atoms with Crippen LogP contribution in [0.3, 0.4) is 0 Å². The lowest BCUT2D eigenvalue weighted by molar-refractivity contribution is -0.147. The highest BCUT2D eigenvalue weighted by atomic mass is 16.5. The molecule has 2 aromatic carbocycles. The Morgan fingerprint density at radius 3 is 2.11 bits per heavy atom. The molecule has 0 unspecified atom stereocenters. The van der Waals surface area contributed by atoms with Crippen LogP contribution in [0.1, 0.15) is 21.6 Å². The molecule has 1 N–H and O–H groups in total. The number of benzene rings is 2. The Morgan fingerprint density at radius 2 is 1.48 bits per heavy atom. The molecule has 0 aliphatic carbocycles. The predicted octanol–water partition coefficient (Wildman–Crippen LogP) is 3.17. The molecule has 136 valence electrons. The second-order valence-electron chi connectivity index (χ2n) is 6.02. The number of nitrogens with one attached hydrogen (secondary N) is 1. The van der Waals surface area contributed by atoms with E-state index in [0.29, 0.717) is 6.42 Å². The van der Waals surface area contributed by atoms with Crippen LogP contribution in [-0.4, -0.2) is 22.9 Å². The van der Waals surface area contributed by atoms with Crippen LogP contribution >= 0.6 is 0 Å². The van der Waals surface area contributed by atoms with Gasteiger partial charge in [-0.1, -0.05) is 66.7 Å². The van der Waals surface area contributed by atoms with Gasteiger partial charge in [-0.2, -0.15) is 0 Å². The van der Waals surface area contributed by atoms with E-state index in [4.69, 9.17) is 4.74 Å². The van der Waals surface area contributed by atoms with Gasteiger partial charge in [-0.25, -0.2) is 4.79 Å². The Labute approximate surface area is 158 Å². The van der Waals surface area contributed by atoms with Gasteiger partial charge in [0.15, 0.2) is 0 Å². The number of esters is 1. The van der Waals surface area contributed by atoms with Crippen molar-refractivity contribution >= 4 is 11.9 Å². The maximum Gasteiger partial charge on any atom is 0.329 e. The molecule has 1 aromatic heterocycles. The quantitative estimate of drug-likeness (QED) is 0.657. The summed E-state index contributed by atoms with van der Waals surface area (Å²) in [5, 5.41) is 2.74. The summed E-state index contributed by atoms with van der Waals surface area (Å²) < 4.78 is 5.43. The standard InChI is InChI=1S/C22H20N2O3/c25-21(19-13-7-8-14-23-19)24-20(15-17-9-3-1-4-10-17)22(26)27-16-18-11-5-2-6-12-18/h1-14,20H,15-16H2,(H,24,25)/t20-/m0/s1. The Kier molecular flexibility index (Phi) is 6.30. The average molecular weight is 360 g/mol. The second kappa shape index (κ2) is 9.29. The first-order valence-electron chi connectivity index (χ1n) is 8.69. The zero-order valence-electron chi connectivity index (χ0n) is 14.7. The topological polar surface area (TPSA) is 68.3 Å². The van der Waals surface area contributed by atoms with Crippen molar-refractivity contribution in [2.24, 2.45) is 0 Å². The van der Waals surface area contributed by atoms with Gasteiger partial charge in [0.1, 0.15) is 18.3 Å². The lowest BCUT2D eigenvalue weighted by atomic mass is 10.1. The lowest BCUT2D eigenvalue weighted by Crippen LogP contribution is -2.43. The molecule has 0 saturated carbocycles. The van der Waals surface area contributed by atoms with Crippen molar-refractivity contribution < 1.29 is 14.3 Å². The van der Waals surface area contributed by atoms with E-state index in [1.807, 2.05) is 60.7 Å². The van der Waals surface area contributed by atoms with Gasteiger partial charge in [-0.05, 0) is 23.3 Å². The van der Waals surface area contributed by atoms with Gasteiger partial charge >= 0.3 is 5.97 Å². The van der Waals surface area contributed by atoms with E-state index >= 15 is 0 Å². The molecular weight excluding hydrogens is 340 g/mol. The molecule has 3 rings (SSSR count). The molecule has 1 amide bonds. The summed E-state index contributed by atoms with van der Waals surface area (Å²) in [4.78, 5) is 29.1. The molecule has 0 spiro atoms. The molecule has 27 heavy (non-hydrogen) atoms. The van der Waals surface area contributed by atoms with E-state index in [1.54, 1.807) is 18.2 Å². The van der Waals surface area contributed by atoms with Crippen LogP contribution in [0.2, 0.25) is 0 Å². The maximum absolute atomic E-state index is 12.6. The molecule has 5 nitrogen and oxygen atoms in total. The first kappa shape index (κ1) is 18.3. The third-order valence-corrected chi connectivity index (χ3v) is 3.99. The van der Waals surface area contributed by atoms with Crippen molar-refractivity contribution in [3.8, 4) is 0 Å². The average Bonchev–Trinajstić information content (AvgIpc) is 2.73. The highest BCUT2D eigenvalue weighted by molar-refractivity contribution is 5.95. The Morgan fingerprint density at radius 1 is 0.852 bits per heavy atom. The number of hydrogen-bond donors (Lipinski definition) is 1. The van der Waals surface area contributed by atoms with Crippen LogP contribution in [0.5, 0.6) is 0 Å². The summed E-state index contributed by atoms with van der Waals surface area (Å²) in [6.07, 6.45) is 1.88. The fourth-order valence-electron chi connectivity index (χ4n) is 2.60. The fraction of sp³-hybridized carbons (Fsp3) is 0.136. The van der Waals surface area contributed by atoms with Gasteiger partial charge in [0.05, 0.1) is 0 Å². The van der Waals surface area contributed by atoms with E-state index < -0.39 is 17.9 Å². The summed E-state index contributed by atoms with van der Waals surface area (Å²) in [5.74, 6) is -0.889. The maximum atomic E-state index is 12.6. The molecule has 1 atom stereocenters. The predicted molar refractivity (Wildman–Crippen MR) is 102 cm³/mol. The monoisotopic (exact) mass is 360 g/mol. The van der Waals surface area contributed by atoms with Crippen LogP contribution in [0.15, 0.2) is 85.1 Å². The summed E-state index contributed by atoms with van der Waals surface area (Å²) in [7, 11) is 0. The smallest absolute Gasteiger partial charge is 0.329 e. The molecule has 1 heterocycles. The number of carbonyl (C=O) groups is 2. The fourth-order valence-corrected chi connectivity index (χ4v) is 2.60. The summed E-state index contributed by atoms with van der Waals surface area (Å²) >= 11 is 0. The molecule has 0 saturated heterocycles. The number of pyridine rings is 1. The number of aromatic nitrogens is 1. The van der Waals surface area contributed by atoms with Crippen molar-refractivity contribution in [1.29, 1.82) is 0 Å². The van der Waals surface area contributed by atoms with E-state index in [-0.39, 0.29) is 12.3 Å². The second-order valence-corrected chi connectivity index (χ2v) is 6.02. The van der Waals surface area contributed by atoms with Crippen LogP contribution in [0.4, 0.5) is 0 Å². The lowest BCUT2D eigenvalue weighted by Gasteiger charge is -2.18. The minimum atomic E-state index is -0.800. The summed E-state index contributed by atoms with van der Waals surface area (Å²) in [6.45, 7) is 0.157. The normalized spacial score (nSPS) is 11.4. The number of nitrogens with zero attached hydrogens (tertiary/aromatic N) is 1. The van der Waals surface area contributed by atoms with Crippen molar-refractivity contribution in [2.75, 3.05) is 0 Å². The molecule has 0 aliphatic heterocycles. The van der Waals surface area contributed by atoms with Gasteiger partial charge in [-0.3, -0.25) is 9.78 Å². The van der Waals surface area contributed by atoms with Crippen molar-refractivity contribution in [1.82, 2.24) is 10.3 Å².